The van der Waals surface area contributed by atoms with Crippen LogP contribution in [0.2, 0.25) is 0 Å². The van der Waals surface area contributed by atoms with E-state index in [1.807, 2.05) is 37.5 Å². The van der Waals surface area contributed by atoms with Crippen molar-refractivity contribution >= 4 is 5.97 Å². The van der Waals surface area contributed by atoms with Gasteiger partial charge in [-0.2, -0.15) is 0 Å². The van der Waals surface area contributed by atoms with Gasteiger partial charge in [-0.15, -0.1) is 0 Å². The first-order valence-corrected chi connectivity index (χ1v) is 11.7. The minimum Gasteiger partial charge on any atom is -1.00 e. The SMILES string of the molecule is Cc1n(CCCOC(=O)C(O)(c2ccccc2)C2CCC(F)(F)C2)cc[n+]1Cc1ccccc1.[Br-]. The van der Waals surface area contributed by atoms with Crippen LogP contribution < -0.4 is 21.5 Å². The van der Waals surface area contributed by atoms with Crippen molar-refractivity contribution in [2.75, 3.05) is 6.61 Å². The van der Waals surface area contributed by atoms with Crippen LogP contribution >= 0.6 is 0 Å². The number of esters is 1. The van der Waals surface area contributed by atoms with Gasteiger partial charge in [-0.3, -0.25) is 0 Å². The summed E-state index contributed by atoms with van der Waals surface area (Å²) in [5, 5.41) is 11.4. The Morgan fingerprint density at radius 3 is 2.46 bits per heavy atom. The van der Waals surface area contributed by atoms with E-state index in [2.05, 4.69) is 21.3 Å². The third-order valence-corrected chi connectivity index (χ3v) is 6.75. The first kappa shape index (κ1) is 27.0. The fraction of sp³-hybridized carbons (Fsp3) is 0.407. The van der Waals surface area contributed by atoms with Gasteiger partial charge in [0.15, 0.2) is 5.60 Å². The summed E-state index contributed by atoms with van der Waals surface area (Å²) in [4.78, 5) is 13.0. The van der Waals surface area contributed by atoms with Crippen LogP contribution in [0.25, 0.3) is 0 Å². The number of aromatic nitrogens is 2. The third kappa shape index (κ3) is 6.16. The Hall–Kier alpha value is -2.58. The maximum Gasteiger partial charge on any atom is 0.343 e. The molecule has 2 unspecified atom stereocenters. The van der Waals surface area contributed by atoms with Crippen molar-refractivity contribution in [1.29, 1.82) is 0 Å². The Labute approximate surface area is 215 Å². The molecule has 1 aliphatic rings. The fourth-order valence-corrected chi connectivity index (χ4v) is 4.75. The molecule has 0 aliphatic heterocycles. The highest BCUT2D eigenvalue weighted by atomic mass is 79.9. The number of halogens is 3. The van der Waals surface area contributed by atoms with E-state index < -0.39 is 29.8 Å². The molecule has 0 radical (unpaired) electrons. The van der Waals surface area contributed by atoms with Gasteiger partial charge in [0.2, 0.25) is 5.92 Å². The minimum atomic E-state index is -2.88. The number of hydrogen-bond acceptors (Lipinski definition) is 3. The Morgan fingerprint density at radius 1 is 1.17 bits per heavy atom. The number of carbonyl (C=O) groups excluding carboxylic acids is 1. The molecule has 2 aromatic carbocycles. The second-order valence-corrected chi connectivity index (χ2v) is 9.07. The number of hydrogen-bond donors (Lipinski definition) is 1. The largest absolute Gasteiger partial charge is 1.00 e. The van der Waals surface area contributed by atoms with Crippen LogP contribution in [-0.4, -0.2) is 28.2 Å². The maximum absolute atomic E-state index is 13.9. The maximum atomic E-state index is 13.9. The van der Waals surface area contributed by atoms with E-state index in [0.717, 1.165) is 12.4 Å². The molecule has 1 saturated carbocycles. The van der Waals surface area contributed by atoms with Crippen molar-refractivity contribution in [2.24, 2.45) is 5.92 Å². The summed E-state index contributed by atoms with van der Waals surface area (Å²) in [5.74, 6) is -3.55. The molecule has 0 saturated heterocycles. The number of rotatable bonds is 9. The van der Waals surface area contributed by atoms with Gasteiger partial charge in [-0.05, 0) is 17.5 Å². The monoisotopic (exact) mass is 548 g/mol. The summed E-state index contributed by atoms with van der Waals surface area (Å²) in [6, 6.07) is 18.5. The molecule has 0 amide bonds. The van der Waals surface area contributed by atoms with Gasteiger partial charge in [0.1, 0.15) is 18.9 Å². The molecule has 4 rings (SSSR count). The highest BCUT2D eigenvalue weighted by Gasteiger charge is 2.54. The van der Waals surface area contributed by atoms with Crippen LogP contribution in [-0.2, 0) is 28.2 Å². The topological polar surface area (TPSA) is 55.3 Å². The van der Waals surface area contributed by atoms with Gasteiger partial charge >= 0.3 is 5.97 Å². The van der Waals surface area contributed by atoms with Gasteiger partial charge in [0, 0.05) is 32.1 Å². The lowest BCUT2D eigenvalue weighted by Crippen LogP contribution is -3.00. The van der Waals surface area contributed by atoms with Crippen LogP contribution in [0.4, 0.5) is 8.78 Å². The normalized spacial score (nSPS) is 18.5. The van der Waals surface area contributed by atoms with Crippen molar-refractivity contribution in [1.82, 2.24) is 4.57 Å². The molecule has 5 nitrogen and oxygen atoms in total. The predicted octanol–water partition coefficient (Wildman–Crippen LogP) is 1.39. The molecule has 1 heterocycles. The number of ether oxygens (including phenoxy) is 1. The lowest BCUT2D eigenvalue weighted by molar-refractivity contribution is -0.694. The summed E-state index contributed by atoms with van der Waals surface area (Å²) in [6.07, 6.45) is 3.74. The number of imidazole rings is 1. The molecule has 1 N–H and O–H groups in total. The second-order valence-electron chi connectivity index (χ2n) is 9.07. The molecule has 1 aromatic heterocycles. The Morgan fingerprint density at radius 2 is 1.83 bits per heavy atom. The third-order valence-electron chi connectivity index (χ3n) is 6.75. The summed E-state index contributed by atoms with van der Waals surface area (Å²) in [6.45, 7) is 3.52. The summed E-state index contributed by atoms with van der Waals surface area (Å²) < 4.78 is 37.5. The van der Waals surface area contributed by atoms with Crippen molar-refractivity contribution in [3.8, 4) is 0 Å². The first-order valence-electron chi connectivity index (χ1n) is 11.7. The summed E-state index contributed by atoms with van der Waals surface area (Å²) in [5.41, 5.74) is -0.575. The molecule has 2 atom stereocenters. The zero-order chi connectivity index (χ0) is 24.2. The Bertz CT molecular complexity index is 1110. The van der Waals surface area contributed by atoms with Crippen LogP contribution in [0.3, 0.4) is 0 Å². The Kier molecular flexibility index (Phi) is 8.83. The molecule has 35 heavy (non-hydrogen) atoms. The lowest BCUT2D eigenvalue weighted by Gasteiger charge is -2.32. The average molecular weight is 549 g/mol. The standard InChI is InChI=1S/C27H31F2N2O3.BrH/c1-21-30(16-17-31(21)20-22-9-4-2-5-10-22)15-8-18-34-25(32)27(33,23-11-6-3-7-12-23)24-13-14-26(28,29)19-24;/h2-7,9-12,16-17,24,33H,8,13-15,18-20H2,1H3;1H/q+1;/p-1. The molecule has 188 valence electrons. The van der Waals surface area contributed by atoms with E-state index in [9.17, 15) is 18.7 Å². The predicted molar refractivity (Wildman–Crippen MR) is 123 cm³/mol. The summed E-state index contributed by atoms with van der Waals surface area (Å²) in [7, 11) is 0. The number of alkyl halides is 2. The first-order chi connectivity index (χ1) is 16.3. The van der Waals surface area contributed by atoms with E-state index in [4.69, 9.17) is 4.74 Å². The molecular formula is C27H31BrF2N2O3. The van der Waals surface area contributed by atoms with E-state index in [1.54, 1.807) is 30.3 Å². The molecule has 0 bridgehead atoms. The van der Waals surface area contributed by atoms with Crippen molar-refractivity contribution in [3.63, 3.8) is 0 Å². The van der Waals surface area contributed by atoms with Gasteiger partial charge in [-0.25, -0.2) is 22.7 Å². The van der Waals surface area contributed by atoms with Crippen molar-refractivity contribution < 1.29 is 45.0 Å². The van der Waals surface area contributed by atoms with Crippen molar-refractivity contribution in [3.05, 3.63) is 90.0 Å². The number of benzene rings is 2. The fourth-order valence-electron chi connectivity index (χ4n) is 4.75. The highest BCUT2D eigenvalue weighted by molar-refractivity contribution is 5.81. The molecule has 3 aromatic rings. The van der Waals surface area contributed by atoms with E-state index >= 15 is 0 Å². The number of carbonyl (C=O) groups is 1. The number of aryl methyl sites for hydroxylation is 1. The van der Waals surface area contributed by atoms with Crippen LogP contribution in [0, 0.1) is 12.8 Å². The number of aliphatic hydroxyl groups is 1. The smallest absolute Gasteiger partial charge is 0.343 e. The van der Waals surface area contributed by atoms with E-state index in [0.29, 0.717) is 18.5 Å². The van der Waals surface area contributed by atoms with E-state index in [-0.39, 0.29) is 36.4 Å². The highest BCUT2D eigenvalue weighted by Crippen LogP contribution is 2.47. The van der Waals surface area contributed by atoms with Crippen LogP contribution in [0.15, 0.2) is 73.1 Å². The zero-order valence-electron chi connectivity index (χ0n) is 19.7. The van der Waals surface area contributed by atoms with Crippen molar-refractivity contribution in [2.45, 2.75) is 57.2 Å². The zero-order valence-corrected chi connectivity index (χ0v) is 21.3. The Balaban J connectivity index is 0.00000342. The van der Waals surface area contributed by atoms with Crippen LogP contribution in [0.5, 0.6) is 0 Å². The van der Waals surface area contributed by atoms with Gasteiger partial charge in [0.25, 0.3) is 5.82 Å². The molecule has 0 spiro atoms. The molecule has 8 heteroatoms. The van der Waals surface area contributed by atoms with Crippen LogP contribution in [0.1, 0.15) is 42.6 Å². The molecule has 1 aliphatic carbocycles. The van der Waals surface area contributed by atoms with E-state index in [1.165, 1.54) is 5.56 Å². The van der Waals surface area contributed by atoms with Gasteiger partial charge < -0.3 is 26.8 Å². The molecule has 1 fully saturated rings. The average Bonchev–Trinajstić information content (AvgIpc) is 3.39. The quantitative estimate of drug-likeness (QED) is 0.250. The number of nitrogens with zero attached hydrogens (tertiary/aromatic N) is 2. The minimum absolute atomic E-state index is 0. The second kappa shape index (κ2) is 11.4. The lowest BCUT2D eigenvalue weighted by atomic mass is 9.80. The van der Waals surface area contributed by atoms with Gasteiger partial charge in [-0.1, -0.05) is 60.7 Å². The molecular weight excluding hydrogens is 518 g/mol. The van der Waals surface area contributed by atoms with Gasteiger partial charge in [0.05, 0.1) is 13.2 Å². The summed E-state index contributed by atoms with van der Waals surface area (Å²) >= 11 is 0.